The molecule has 1 aromatic heterocycles. The number of ether oxygens (including phenoxy) is 3. The van der Waals surface area contributed by atoms with Gasteiger partial charge in [-0.2, -0.15) is 0 Å². The molecular weight excluding hydrogens is 348 g/mol. The highest BCUT2D eigenvalue weighted by Crippen LogP contribution is 2.31. The van der Waals surface area contributed by atoms with Gasteiger partial charge in [-0.15, -0.1) is 0 Å². The van der Waals surface area contributed by atoms with Crippen LogP contribution in [0.2, 0.25) is 0 Å². The molecule has 2 heterocycles. The van der Waals surface area contributed by atoms with Crippen molar-refractivity contribution < 1.29 is 14.2 Å². The predicted molar refractivity (Wildman–Crippen MR) is 101 cm³/mol. The van der Waals surface area contributed by atoms with Crippen LogP contribution in [-0.4, -0.2) is 35.2 Å². The van der Waals surface area contributed by atoms with Crippen molar-refractivity contribution in [3.05, 3.63) is 68.5 Å². The Balaban J connectivity index is 1.77. The first-order valence-corrected chi connectivity index (χ1v) is 8.99. The Morgan fingerprint density at radius 3 is 2.48 bits per heavy atom. The maximum absolute atomic E-state index is 12.2. The SMILES string of the molecule is Cc1cn(CC2(COCc3ccccc3)COC(C)(C)OC2)c(=O)[nH]c1=O. The van der Waals surface area contributed by atoms with E-state index >= 15 is 0 Å². The van der Waals surface area contributed by atoms with Gasteiger partial charge in [-0.05, 0) is 26.3 Å². The monoisotopic (exact) mass is 374 g/mol. The zero-order valence-corrected chi connectivity index (χ0v) is 16.0. The number of hydrogen-bond acceptors (Lipinski definition) is 5. The molecule has 7 nitrogen and oxygen atoms in total. The Bertz CT molecular complexity index is 875. The summed E-state index contributed by atoms with van der Waals surface area (Å²) in [6, 6.07) is 9.89. The van der Waals surface area contributed by atoms with E-state index in [9.17, 15) is 9.59 Å². The first-order valence-electron chi connectivity index (χ1n) is 8.99. The van der Waals surface area contributed by atoms with E-state index in [1.807, 2.05) is 44.2 Å². The lowest BCUT2D eigenvalue weighted by Gasteiger charge is -2.43. The van der Waals surface area contributed by atoms with Crippen molar-refractivity contribution in [2.75, 3.05) is 19.8 Å². The molecule has 0 spiro atoms. The lowest BCUT2D eigenvalue weighted by atomic mass is 9.89. The summed E-state index contributed by atoms with van der Waals surface area (Å²) in [5.74, 6) is -0.672. The molecule has 3 rings (SSSR count). The minimum atomic E-state index is -0.672. The molecule has 1 saturated heterocycles. The summed E-state index contributed by atoms with van der Waals surface area (Å²) >= 11 is 0. The molecule has 1 fully saturated rings. The predicted octanol–water partition coefficient (Wildman–Crippen LogP) is 1.83. The second-order valence-electron chi connectivity index (χ2n) is 7.65. The molecule has 0 bridgehead atoms. The number of aryl methyl sites for hydroxylation is 1. The number of nitrogens with zero attached hydrogens (tertiary/aromatic N) is 1. The van der Waals surface area contributed by atoms with Gasteiger partial charge in [0.1, 0.15) is 0 Å². The minimum Gasteiger partial charge on any atom is -0.376 e. The van der Waals surface area contributed by atoms with E-state index in [0.717, 1.165) is 5.56 Å². The summed E-state index contributed by atoms with van der Waals surface area (Å²) in [6.07, 6.45) is 1.57. The second kappa shape index (κ2) is 7.80. The molecule has 7 heteroatoms. The summed E-state index contributed by atoms with van der Waals surface area (Å²) in [5.41, 5.74) is 0.204. The highest BCUT2D eigenvalue weighted by molar-refractivity contribution is 5.13. The van der Waals surface area contributed by atoms with Crippen molar-refractivity contribution in [1.82, 2.24) is 9.55 Å². The Morgan fingerprint density at radius 2 is 1.81 bits per heavy atom. The fourth-order valence-electron chi connectivity index (χ4n) is 3.01. The van der Waals surface area contributed by atoms with Gasteiger partial charge < -0.3 is 14.2 Å². The van der Waals surface area contributed by atoms with Crippen molar-refractivity contribution in [2.24, 2.45) is 5.41 Å². The van der Waals surface area contributed by atoms with Crippen LogP contribution < -0.4 is 11.2 Å². The topological polar surface area (TPSA) is 82.6 Å². The molecule has 0 amide bonds. The van der Waals surface area contributed by atoms with Gasteiger partial charge in [0.05, 0.1) is 31.8 Å². The maximum Gasteiger partial charge on any atom is 0.328 e. The normalized spacial score (nSPS) is 18.3. The molecule has 0 aliphatic carbocycles. The van der Waals surface area contributed by atoms with Gasteiger partial charge in [0.2, 0.25) is 0 Å². The summed E-state index contributed by atoms with van der Waals surface area (Å²) < 4.78 is 19.2. The van der Waals surface area contributed by atoms with Crippen molar-refractivity contribution >= 4 is 0 Å². The Labute approximate surface area is 157 Å². The van der Waals surface area contributed by atoms with Gasteiger partial charge in [0, 0.05) is 18.3 Å². The van der Waals surface area contributed by atoms with Gasteiger partial charge in [-0.25, -0.2) is 4.79 Å². The van der Waals surface area contributed by atoms with Crippen LogP contribution in [0.1, 0.15) is 25.0 Å². The summed E-state index contributed by atoms with van der Waals surface area (Å²) in [6.45, 7) is 7.32. The van der Waals surface area contributed by atoms with Crippen LogP contribution in [0.5, 0.6) is 0 Å². The van der Waals surface area contributed by atoms with E-state index in [0.29, 0.717) is 38.5 Å². The van der Waals surface area contributed by atoms with Crippen LogP contribution in [0.4, 0.5) is 0 Å². The number of nitrogens with one attached hydrogen (secondary N) is 1. The second-order valence-corrected chi connectivity index (χ2v) is 7.65. The summed E-state index contributed by atoms with van der Waals surface area (Å²) in [5, 5.41) is 0. The molecule has 0 atom stereocenters. The molecule has 2 aromatic rings. The van der Waals surface area contributed by atoms with Crippen molar-refractivity contribution in [2.45, 2.75) is 39.7 Å². The van der Waals surface area contributed by atoms with Gasteiger partial charge in [0.15, 0.2) is 5.79 Å². The number of benzene rings is 1. The van der Waals surface area contributed by atoms with Crippen LogP contribution in [-0.2, 0) is 27.4 Å². The molecule has 1 aliphatic rings. The van der Waals surface area contributed by atoms with Crippen LogP contribution in [0.3, 0.4) is 0 Å². The molecule has 27 heavy (non-hydrogen) atoms. The quantitative estimate of drug-likeness (QED) is 0.834. The molecule has 146 valence electrons. The van der Waals surface area contributed by atoms with Gasteiger partial charge in [-0.1, -0.05) is 30.3 Å². The molecule has 0 radical (unpaired) electrons. The summed E-state index contributed by atoms with van der Waals surface area (Å²) in [7, 11) is 0. The third kappa shape index (κ3) is 4.94. The molecule has 0 unspecified atom stereocenters. The highest BCUT2D eigenvalue weighted by Gasteiger charge is 2.41. The highest BCUT2D eigenvalue weighted by atomic mass is 16.7. The third-order valence-corrected chi connectivity index (χ3v) is 4.67. The zero-order chi connectivity index (χ0) is 19.5. The maximum atomic E-state index is 12.2. The van der Waals surface area contributed by atoms with Gasteiger partial charge >= 0.3 is 5.69 Å². The van der Waals surface area contributed by atoms with Crippen molar-refractivity contribution in [3.8, 4) is 0 Å². The Hall–Kier alpha value is -2.22. The number of H-pyrrole nitrogens is 1. The van der Waals surface area contributed by atoms with Gasteiger partial charge in [-0.3, -0.25) is 14.3 Å². The smallest absolute Gasteiger partial charge is 0.328 e. The molecular formula is C20H26N2O5. The fraction of sp³-hybridized carbons (Fsp3) is 0.500. The van der Waals surface area contributed by atoms with Crippen LogP contribution >= 0.6 is 0 Å². The lowest BCUT2D eigenvalue weighted by Crippen LogP contribution is -2.52. The lowest BCUT2D eigenvalue weighted by molar-refractivity contribution is -0.294. The zero-order valence-electron chi connectivity index (χ0n) is 16.0. The van der Waals surface area contributed by atoms with Gasteiger partial charge in [0.25, 0.3) is 5.56 Å². The average molecular weight is 374 g/mol. The van der Waals surface area contributed by atoms with E-state index in [4.69, 9.17) is 14.2 Å². The van der Waals surface area contributed by atoms with E-state index in [1.54, 1.807) is 13.1 Å². The third-order valence-electron chi connectivity index (χ3n) is 4.67. The number of rotatable bonds is 6. The number of aromatic amines is 1. The number of hydrogen-bond donors (Lipinski definition) is 1. The molecule has 1 N–H and O–H groups in total. The van der Waals surface area contributed by atoms with Crippen LogP contribution in [0.25, 0.3) is 0 Å². The van der Waals surface area contributed by atoms with Crippen LogP contribution in [0, 0.1) is 12.3 Å². The molecule has 1 aliphatic heterocycles. The molecule has 1 aromatic carbocycles. The van der Waals surface area contributed by atoms with E-state index in [2.05, 4.69) is 4.98 Å². The molecule has 0 saturated carbocycles. The Morgan fingerprint density at radius 1 is 1.15 bits per heavy atom. The minimum absolute atomic E-state index is 0.328. The van der Waals surface area contributed by atoms with E-state index in [-0.39, 0.29) is 5.56 Å². The summed E-state index contributed by atoms with van der Waals surface area (Å²) in [4.78, 5) is 26.2. The fourth-order valence-corrected chi connectivity index (χ4v) is 3.01. The standard InChI is InChI=1S/C20H26N2O5/c1-15-9-22(18(24)21-17(15)23)11-20(13-26-19(2,3)27-14-20)12-25-10-16-7-5-4-6-8-16/h4-9H,10-14H2,1-3H3,(H,21,23,24). The van der Waals surface area contributed by atoms with Crippen molar-refractivity contribution in [1.29, 1.82) is 0 Å². The van der Waals surface area contributed by atoms with E-state index < -0.39 is 16.9 Å². The average Bonchev–Trinajstić information content (AvgIpc) is 2.63. The number of aromatic nitrogens is 2. The largest absolute Gasteiger partial charge is 0.376 e. The first kappa shape index (κ1) is 19.5. The van der Waals surface area contributed by atoms with Crippen molar-refractivity contribution in [3.63, 3.8) is 0 Å². The first-order chi connectivity index (χ1) is 12.8. The van der Waals surface area contributed by atoms with E-state index in [1.165, 1.54) is 4.57 Å². The Kier molecular flexibility index (Phi) is 5.64. The van der Waals surface area contributed by atoms with Crippen LogP contribution in [0.15, 0.2) is 46.1 Å².